The van der Waals surface area contributed by atoms with Crippen molar-refractivity contribution in [1.82, 2.24) is 0 Å². The first kappa shape index (κ1) is 15.0. The van der Waals surface area contributed by atoms with Crippen molar-refractivity contribution in [2.75, 3.05) is 19.8 Å². The molecule has 0 saturated heterocycles. The van der Waals surface area contributed by atoms with Gasteiger partial charge in [0.2, 0.25) is 0 Å². The van der Waals surface area contributed by atoms with Crippen LogP contribution in [-0.2, 0) is 18.3 Å². The monoisotopic (exact) mass is 253 g/mol. The molecule has 0 aliphatic rings. The van der Waals surface area contributed by atoms with E-state index in [4.69, 9.17) is 20.5 Å². The van der Waals surface area contributed by atoms with Gasteiger partial charge < -0.3 is 20.1 Å². The van der Waals surface area contributed by atoms with E-state index in [2.05, 4.69) is 9.05 Å². The number of hydrogen-bond acceptors (Lipinski definition) is 6. The summed E-state index contributed by atoms with van der Waals surface area (Å²) >= 11 is 0. The number of aliphatic hydroxyl groups is 1. The molecule has 0 amide bonds. The molecule has 8 heteroatoms. The number of hydrogen-bond donors (Lipinski definition) is 3. The predicted octanol–water partition coefficient (Wildman–Crippen LogP) is 1.03. The summed E-state index contributed by atoms with van der Waals surface area (Å²) < 4.78 is 24.6. The maximum Gasteiger partial charge on any atom is 0.527 e. The Morgan fingerprint density at radius 3 is 2.81 bits per heavy atom. The van der Waals surface area contributed by atoms with E-state index in [1.54, 1.807) is 13.0 Å². The van der Waals surface area contributed by atoms with E-state index in [1.165, 1.54) is 6.26 Å². The van der Waals surface area contributed by atoms with Crippen LogP contribution in [0.5, 0.6) is 0 Å². The minimum atomic E-state index is -4.19. The van der Waals surface area contributed by atoms with E-state index in [9.17, 15) is 4.57 Å². The molecule has 94 valence electrons. The minimum absolute atomic E-state index is 0.0913. The van der Waals surface area contributed by atoms with Gasteiger partial charge in [-0.25, -0.2) is 4.57 Å². The molecule has 0 radical (unpaired) electrons. The van der Waals surface area contributed by atoms with Crippen molar-refractivity contribution < 1.29 is 28.3 Å². The fourth-order valence-corrected chi connectivity index (χ4v) is 1.24. The molecule has 0 aromatic carbocycles. The van der Waals surface area contributed by atoms with Crippen LogP contribution in [0.2, 0.25) is 0 Å². The Balaban J connectivity index is 3.98. The van der Waals surface area contributed by atoms with Crippen LogP contribution in [0.4, 0.5) is 0 Å². The van der Waals surface area contributed by atoms with E-state index in [1.807, 2.05) is 0 Å². The normalized spacial score (nSPS) is 16.1. The molecule has 0 heterocycles. The Hall–Kier alpha value is -1.01. The van der Waals surface area contributed by atoms with E-state index in [0.29, 0.717) is 6.26 Å². The third-order valence-corrected chi connectivity index (χ3v) is 2.04. The van der Waals surface area contributed by atoms with Crippen LogP contribution in [-0.4, -0.2) is 29.8 Å². The van der Waals surface area contributed by atoms with E-state index >= 15 is 0 Å². The van der Waals surface area contributed by atoms with Gasteiger partial charge >= 0.3 is 7.82 Å². The molecule has 7 nitrogen and oxygen atoms in total. The molecule has 0 bridgehead atoms. The van der Waals surface area contributed by atoms with Crippen molar-refractivity contribution in [2.24, 2.45) is 5.73 Å². The SMILES string of the molecule is C/C=C/OC/C(O)=C/OP(=O)(O)OCCN. The van der Waals surface area contributed by atoms with Crippen LogP contribution in [0.25, 0.3) is 0 Å². The molecule has 0 rings (SSSR count). The Kier molecular flexibility index (Phi) is 7.66. The van der Waals surface area contributed by atoms with Gasteiger partial charge in [0.25, 0.3) is 0 Å². The molecule has 4 N–H and O–H groups in total. The van der Waals surface area contributed by atoms with Gasteiger partial charge in [-0.3, -0.25) is 9.42 Å². The van der Waals surface area contributed by atoms with Crippen molar-refractivity contribution in [2.45, 2.75) is 6.92 Å². The first-order chi connectivity index (χ1) is 7.52. The lowest BCUT2D eigenvalue weighted by molar-refractivity contribution is 0.177. The van der Waals surface area contributed by atoms with E-state index in [-0.39, 0.29) is 25.5 Å². The molecule has 0 aliphatic heterocycles. The Morgan fingerprint density at radius 1 is 1.56 bits per heavy atom. The number of rotatable bonds is 8. The second kappa shape index (κ2) is 8.18. The first-order valence-electron chi connectivity index (χ1n) is 4.48. The number of phosphoric acid groups is 1. The molecular weight excluding hydrogens is 237 g/mol. The standard InChI is InChI=1S/C8H16NO6P/c1-2-4-13-6-8(10)7-15-16(11,12)14-5-3-9/h2,4,7,10H,3,5-6,9H2,1H3,(H,11,12)/b4-2+,8-7-. The maximum atomic E-state index is 11.1. The molecule has 0 aromatic heterocycles. The third kappa shape index (κ3) is 8.31. The summed E-state index contributed by atoms with van der Waals surface area (Å²) in [5.41, 5.74) is 5.07. The lowest BCUT2D eigenvalue weighted by atomic mass is 10.6. The van der Waals surface area contributed by atoms with Gasteiger partial charge in [0.1, 0.15) is 12.9 Å². The lowest BCUT2D eigenvalue weighted by Gasteiger charge is -2.09. The zero-order chi connectivity index (χ0) is 12.4. The smallest absolute Gasteiger partial charge is 0.506 e. The molecule has 0 aliphatic carbocycles. The Morgan fingerprint density at radius 2 is 2.25 bits per heavy atom. The second-order valence-corrected chi connectivity index (χ2v) is 3.99. The number of phosphoric ester groups is 1. The summed E-state index contributed by atoms with van der Waals surface area (Å²) in [6.45, 7) is 1.55. The fraction of sp³-hybridized carbons (Fsp3) is 0.500. The number of aliphatic hydroxyl groups excluding tert-OH is 1. The topological polar surface area (TPSA) is 111 Å². The van der Waals surface area contributed by atoms with Gasteiger partial charge in [0.15, 0.2) is 5.76 Å². The Bertz CT molecular complexity index is 290. The van der Waals surface area contributed by atoms with Crippen molar-refractivity contribution >= 4 is 7.82 Å². The molecule has 0 saturated carbocycles. The summed E-state index contributed by atoms with van der Waals surface area (Å²) in [5.74, 6) is -0.344. The highest BCUT2D eigenvalue weighted by atomic mass is 31.2. The summed E-state index contributed by atoms with van der Waals surface area (Å²) in [4.78, 5) is 9.01. The number of ether oxygens (including phenoxy) is 1. The Labute approximate surface area is 93.7 Å². The summed E-state index contributed by atoms with van der Waals surface area (Å²) in [6.07, 6.45) is 3.67. The van der Waals surface area contributed by atoms with Crippen LogP contribution in [0.3, 0.4) is 0 Å². The average molecular weight is 253 g/mol. The molecule has 1 atom stereocenters. The predicted molar refractivity (Wildman–Crippen MR) is 57.4 cm³/mol. The fourth-order valence-electron chi connectivity index (χ4n) is 0.590. The molecule has 0 aromatic rings. The van der Waals surface area contributed by atoms with Gasteiger partial charge in [-0.15, -0.1) is 0 Å². The molecular formula is C8H16NO6P. The first-order valence-corrected chi connectivity index (χ1v) is 5.98. The van der Waals surface area contributed by atoms with Crippen LogP contribution in [0.15, 0.2) is 24.4 Å². The third-order valence-electron chi connectivity index (χ3n) is 1.16. The van der Waals surface area contributed by atoms with Crippen LogP contribution in [0.1, 0.15) is 6.92 Å². The highest BCUT2D eigenvalue weighted by Crippen LogP contribution is 2.43. The summed E-state index contributed by atoms with van der Waals surface area (Å²) in [7, 11) is -4.19. The highest BCUT2D eigenvalue weighted by Gasteiger charge is 2.20. The summed E-state index contributed by atoms with van der Waals surface area (Å²) in [6, 6.07) is 0. The van der Waals surface area contributed by atoms with Gasteiger partial charge in [-0.1, -0.05) is 6.08 Å². The largest absolute Gasteiger partial charge is 0.527 e. The summed E-state index contributed by atoms with van der Waals surface area (Å²) in [5, 5.41) is 9.13. The average Bonchev–Trinajstić information content (AvgIpc) is 2.24. The van der Waals surface area contributed by atoms with E-state index < -0.39 is 7.82 Å². The van der Waals surface area contributed by atoms with Crippen molar-refractivity contribution in [1.29, 1.82) is 0 Å². The second-order valence-electron chi connectivity index (χ2n) is 2.59. The lowest BCUT2D eigenvalue weighted by Crippen LogP contribution is -2.07. The van der Waals surface area contributed by atoms with Gasteiger partial charge in [-0.05, 0) is 6.92 Å². The number of allylic oxidation sites excluding steroid dienone is 1. The molecule has 16 heavy (non-hydrogen) atoms. The zero-order valence-electron chi connectivity index (χ0n) is 8.91. The quantitative estimate of drug-likeness (QED) is 0.437. The van der Waals surface area contributed by atoms with Gasteiger partial charge in [0.05, 0.1) is 12.9 Å². The van der Waals surface area contributed by atoms with Crippen LogP contribution in [0, 0.1) is 0 Å². The van der Waals surface area contributed by atoms with E-state index in [0.717, 1.165) is 0 Å². The number of nitrogens with two attached hydrogens (primary N) is 1. The maximum absolute atomic E-state index is 11.1. The van der Waals surface area contributed by atoms with Crippen LogP contribution < -0.4 is 5.73 Å². The zero-order valence-corrected chi connectivity index (χ0v) is 9.80. The van der Waals surface area contributed by atoms with Crippen molar-refractivity contribution in [3.05, 3.63) is 24.4 Å². The highest BCUT2D eigenvalue weighted by molar-refractivity contribution is 7.47. The van der Waals surface area contributed by atoms with Gasteiger partial charge in [-0.2, -0.15) is 0 Å². The molecule has 0 fully saturated rings. The minimum Gasteiger partial charge on any atom is -0.506 e. The van der Waals surface area contributed by atoms with Crippen LogP contribution >= 0.6 is 7.82 Å². The molecule has 1 unspecified atom stereocenters. The van der Waals surface area contributed by atoms with Gasteiger partial charge in [0, 0.05) is 6.54 Å². The molecule has 0 spiro atoms. The van der Waals surface area contributed by atoms with Crippen molar-refractivity contribution in [3.8, 4) is 0 Å². The van der Waals surface area contributed by atoms with Crippen molar-refractivity contribution in [3.63, 3.8) is 0 Å².